The monoisotopic (exact) mass is 464 g/mol. The Morgan fingerprint density at radius 3 is 1.47 bits per heavy atom. The molecule has 4 heteroatoms. The number of rotatable bonds is 12. The first-order chi connectivity index (χ1) is 16.6. The largest absolute Gasteiger partial charge is 0.426 e. The van der Waals surface area contributed by atoms with E-state index in [0.29, 0.717) is 17.9 Å². The smallest absolute Gasteiger partial charge is 0.314 e. The van der Waals surface area contributed by atoms with Gasteiger partial charge < -0.3 is 9.47 Å². The number of carbonyl (C=O) groups excluding carboxylic acids is 2. The third-order valence-corrected chi connectivity index (χ3v) is 6.76. The van der Waals surface area contributed by atoms with Crippen molar-refractivity contribution in [1.82, 2.24) is 0 Å². The lowest BCUT2D eigenvalue weighted by Crippen LogP contribution is -2.31. The minimum absolute atomic E-state index is 0.243. The quantitative estimate of drug-likeness (QED) is 0.186. The maximum atomic E-state index is 12.8. The third-order valence-electron chi connectivity index (χ3n) is 6.76. The molecule has 1 aliphatic carbocycles. The zero-order valence-corrected chi connectivity index (χ0v) is 20.9. The van der Waals surface area contributed by atoms with Crippen LogP contribution in [0, 0.1) is 11.8 Å². The highest BCUT2D eigenvalue weighted by Crippen LogP contribution is 2.32. The average Bonchev–Trinajstić information content (AvgIpc) is 2.86. The summed E-state index contributed by atoms with van der Waals surface area (Å²) in [5.74, 6) is 0.134. The molecule has 2 aromatic rings. The molecule has 4 nitrogen and oxygen atoms in total. The minimum Gasteiger partial charge on any atom is -0.426 e. The fourth-order valence-corrected chi connectivity index (χ4v) is 4.62. The summed E-state index contributed by atoms with van der Waals surface area (Å²) in [6, 6.07) is 15.6. The number of esters is 2. The molecule has 2 atom stereocenters. The van der Waals surface area contributed by atoms with Gasteiger partial charge in [-0.2, -0.15) is 0 Å². The highest BCUT2D eigenvalue weighted by atomic mass is 16.5. The number of aryl methyl sites for hydroxylation is 2. The highest BCUT2D eigenvalue weighted by Gasteiger charge is 2.33. The lowest BCUT2D eigenvalue weighted by atomic mass is 9.81. The van der Waals surface area contributed by atoms with Crippen molar-refractivity contribution in [2.45, 2.75) is 90.9 Å². The topological polar surface area (TPSA) is 52.6 Å². The Morgan fingerprint density at radius 1 is 0.676 bits per heavy atom. The number of ether oxygens (including phenoxy) is 2. The van der Waals surface area contributed by atoms with E-state index in [9.17, 15) is 9.59 Å². The molecule has 0 aliphatic heterocycles. The number of benzene rings is 2. The van der Waals surface area contributed by atoms with Crippen LogP contribution in [-0.4, -0.2) is 11.9 Å². The molecule has 0 aromatic heterocycles. The lowest BCUT2D eigenvalue weighted by Gasteiger charge is -2.26. The zero-order valence-electron chi connectivity index (χ0n) is 20.9. The molecule has 0 heterocycles. The van der Waals surface area contributed by atoms with E-state index in [-0.39, 0.29) is 23.8 Å². The second-order valence-corrected chi connectivity index (χ2v) is 9.60. The molecule has 0 saturated heterocycles. The molecular weight excluding hydrogens is 424 g/mol. The number of hydrogen-bond donors (Lipinski definition) is 0. The van der Waals surface area contributed by atoms with Crippen LogP contribution < -0.4 is 9.47 Å². The van der Waals surface area contributed by atoms with E-state index >= 15 is 0 Å². The summed E-state index contributed by atoms with van der Waals surface area (Å²) >= 11 is 0. The van der Waals surface area contributed by atoms with Crippen LogP contribution in [-0.2, 0) is 22.4 Å². The number of carbonyl (C=O) groups is 2. The Balaban J connectivity index is 1.47. The summed E-state index contributed by atoms with van der Waals surface area (Å²) in [6.45, 7) is 4.40. The third kappa shape index (κ3) is 8.30. The molecule has 0 bridgehead atoms. The van der Waals surface area contributed by atoms with Gasteiger partial charge in [0.2, 0.25) is 0 Å². The fraction of sp³-hybridized carbons (Fsp3) is 0.533. The van der Waals surface area contributed by atoms with Crippen molar-refractivity contribution < 1.29 is 19.1 Å². The van der Waals surface area contributed by atoms with Crippen LogP contribution in [0.4, 0.5) is 0 Å². The van der Waals surface area contributed by atoms with Crippen molar-refractivity contribution in [3.05, 3.63) is 59.7 Å². The second-order valence-electron chi connectivity index (χ2n) is 9.60. The van der Waals surface area contributed by atoms with Crippen molar-refractivity contribution >= 4 is 11.9 Å². The van der Waals surface area contributed by atoms with Crippen LogP contribution in [0.3, 0.4) is 0 Å². The first kappa shape index (κ1) is 26.0. The maximum absolute atomic E-state index is 12.8. The summed E-state index contributed by atoms with van der Waals surface area (Å²) in [7, 11) is 0. The molecule has 0 spiro atoms. The molecule has 34 heavy (non-hydrogen) atoms. The average molecular weight is 465 g/mol. The Bertz CT molecular complexity index is 812. The van der Waals surface area contributed by atoms with Crippen molar-refractivity contribution in [2.75, 3.05) is 0 Å². The molecule has 1 aliphatic rings. The lowest BCUT2D eigenvalue weighted by molar-refractivity contribution is -0.144. The van der Waals surface area contributed by atoms with Crippen LogP contribution in [0.5, 0.6) is 11.5 Å². The van der Waals surface area contributed by atoms with E-state index in [1.54, 1.807) is 0 Å². The van der Waals surface area contributed by atoms with Crippen molar-refractivity contribution in [3.8, 4) is 11.5 Å². The van der Waals surface area contributed by atoms with Crippen molar-refractivity contribution in [1.29, 1.82) is 0 Å². The number of unbranched alkanes of at least 4 members (excludes halogenated alkanes) is 4. The normalized spacial score (nSPS) is 17.8. The Morgan fingerprint density at radius 2 is 1.09 bits per heavy atom. The standard InChI is InChI=1S/C30H40O4/c1-3-5-7-10-23-14-18-27(19-15-23)33-29(31)25-12-9-13-26(22-25)30(32)34-28-20-16-24(17-21-28)11-8-6-4-2/h14-21,25-26H,3-13,22H2,1-2H3/t25-,26-/m1/s1. The van der Waals surface area contributed by atoms with Gasteiger partial charge in [-0.25, -0.2) is 0 Å². The van der Waals surface area contributed by atoms with Gasteiger partial charge in [0.25, 0.3) is 0 Å². The van der Waals surface area contributed by atoms with Gasteiger partial charge in [0.05, 0.1) is 11.8 Å². The Kier molecular flexibility index (Phi) is 10.7. The summed E-state index contributed by atoms with van der Waals surface area (Å²) in [5.41, 5.74) is 2.53. The molecule has 184 valence electrons. The van der Waals surface area contributed by atoms with Gasteiger partial charge in [-0.05, 0) is 80.3 Å². The van der Waals surface area contributed by atoms with Crippen LogP contribution in [0.25, 0.3) is 0 Å². The van der Waals surface area contributed by atoms with Gasteiger partial charge >= 0.3 is 11.9 Å². The molecule has 2 aromatic carbocycles. The summed E-state index contributed by atoms with van der Waals surface area (Å²) in [6.07, 6.45) is 12.2. The predicted octanol–water partition coefficient (Wildman–Crippen LogP) is 7.47. The first-order valence-corrected chi connectivity index (χ1v) is 13.2. The fourth-order valence-electron chi connectivity index (χ4n) is 4.62. The summed E-state index contributed by atoms with van der Waals surface area (Å²) in [4.78, 5) is 25.5. The van der Waals surface area contributed by atoms with E-state index in [1.165, 1.54) is 49.7 Å². The van der Waals surface area contributed by atoms with Gasteiger partial charge in [0.15, 0.2) is 0 Å². The van der Waals surface area contributed by atoms with Crippen LogP contribution in [0.15, 0.2) is 48.5 Å². The van der Waals surface area contributed by atoms with E-state index in [0.717, 1.165) is 32.1 Å². The molecule has 1 saturated carbocycles. The van der Waals surface area contributed by atoms with Gasteiger partial charge in [0, 0.05) is 0 Å². The molecule has 0 radical (unpaired) electrons. The summed E-state index contributed by atoms with van der Waals surface area (Å²) in [5, 5.41) is 0. The Labute approximate surface area is 205 Å². The molecule has 3 rings (SSSR count). The van der Waals surface area contributed by atoms with Crippen LogP contribution in [0.2, 0.25) is 0 Å². The number of hydrogen-bond acceptors (Lipinski definition) is 4. The van der Waals surface area contributed by atoms with E-state index in [4.69, 9.17) is 9.47 Å². The zero-order chi connectivity index (χ0) is 24.2. The van der Waals surface area contributed by atoms with Gasteiger partial charge in [-0.15, -0.1) is 0 Å². The molecule has 0 N–H and O–H groups in total. The molecule has 0 unspecified atom stereocenters. The summed E-state index contributed by atoms with van der Waals surface area (Å²) < 4.78 is 11.3. The minimum atomic E-state index is -0.267. The maximum Gasteiger partial charge on any atom is 0.314 e. The molecule has 1 fully saturated rings. The predicted molar refractivity (Wildman–Crippen MR) is 136 cm³/mol. The van der Waals surface area contributed by atoms with Gasteiger partial charge in [0.1, 0.15) is 11.5 Å². The van der Waals surface area contributed by atoms with Crippen molar-refractivity contribution in [2.24, 2.45) is 11.8 Å². The Hall–Kier alpha value is -2.62. The van der Waals surface area contributed by atoms with E-state index < -0.39 is 0 Å². The SMILES string of the molecule is CCCCCc1ccc(OC(=O)[C@@H]2CCC[C@@H](C(=O)Oc3ccc(CCCCC)cc3)C2)cc1. The van der Waals surface area contributed by atoms with Crippen LogP contribution in [0.1, 0.15) is 89.2 Å². The molecular formula is C30H40O4. The van der Waals surface area contributed by atoms with Gasteiger partial charge in [-0.1, -0.05) is 70.2 Å². The van der Waals surface area contributed by atoms with Crippen LogP contribution >= 0.6 is 0 Å². The first-order valence-electron chi connectivity index (χ1n) is 13.2. The molecule has 0 amide bonds. The van der Waals surface area contributed by atoms with E-state index in [2.05, 4.69) is 13.8 Å². The second kappa shape index (κ2) is 13.9. The van der Waals surface area contributed by atoms with Crippen molar-refractivity contribution in [3.63, 3.8) is 0 Å². The highest BCUT2D eigenvalue weighted by molar-refractivity contribution is 5.79. The van der Waals surface area contributed by atoms with Gasteiger partial charge in [-0.3, -0.25) is 9.59 Å². The van der Waals surface area contributed by atoms with E-state index in [1.807, 2.05) is 48.5 Å².